The number of hydrogen-bond acceptors (Lipinski definition) is 7. The molecule has 1 saturated heterocycles. The molecule has 0 aliphatic carbocycles. The zero-order chi connectivity index (χ0) is 19.1. The van der Waals surface area contributed by atoms with E-state index in [0.717, 1.165) is 5.56 Å². The van der Waals surface area contributed by atoms with Crippen molar-refractivity contribution >= 4 is 18.0 Å². The molecule has 26 heavy (non-hydrogen) atoms. The van der Waals surface area contributed by atoms with Gasteiger partial charge in [0.15, 0.2) is 12.2 Å². The second-order valence-corrected chi connectivity index (χ2v) is 5.94. The third-order valence-corrected chi connectivity index (χ3v) is 3.92. The minimum absolute atomic E-state index is 0.0466. The first-order valence-corrected chi connectivity index (χ1v) is 8.23. The number of carbonyl (C=O) groups excluding carboxylic acids is 3. The van der Waals surface area contributed by atoms with Gasteiger partial charge in [-0.05, 0) is 5.56 Å². The van der Waals surface area contributed by atoms with Gasteiger partial charge in [0.25, 0.3) is 0 Å². The molecule has 0 spiro atoms. The topological polar surface area (TPSA) is 91.4 Å². The molecule has 142 valence electrons. The number of benzene rings is 1. The van der Waals surface area contributed by atoms with Crippen molar-refractivity contribution < 1.29 is 33.3 Å². The molecule has 8 nitrogen and oxygen atoms in total. The Balaban J connectivity index is 2.05. The summed E-state index contributed by atoms with van der Waals surface area (Å²) in [5.74, 6) is -1.06. The first kappa shape index (κ1) is 19.7. The molecular formula is C18H23NO7. The maximum absolute atomic E-state index is 12.4. The van der Waals surface area contributed by atoms with E-state index in [1.165, 1.54) is 25.9 Å². The van der Waals surface area contributed by atoms with Gasteiger partial charge >= 0.3 is 18.0 Å². The second kappa shape index (κ2) is 9.19. The van der Waals surface area contributed by atoms with Crippen LogP contribution in [0.15, 0.2) is 30.3 Å². The molecular weight excluding hydrogens is 342 g/mol. The zero-order valence-corrected chi connectivity index (χ0v) is 15.0. The highest BCUT2D eigenvalue weighted by molar-refractivity contribution is 5.69. The Bertz CT molecular complexity index is 634. The number of esters is 2. The van der Waals surface area contributed by atoms with Crippen LogP contribution in [0.25, 0.3) is 0 Å². The molecule has 3 atom stereocenters. The molecule has 8 heteroatoms. The van der Waals surface area contributed by atoms with E-state index in [1.54, 1.807) is 0 Å². The number of ether oxygens (including phenoxy) is 4. The number of carbonyl (C=O) groups is 3. The molecule has 1 aliphatic rings. The summed E-state index contributed by atoms with van der Waals surface area (Å²) in [6.45, 7) is 2.83. The lowest BCUT2D eigenvalue weighted by Crippen LogP contribution is -2.59. The van der Waals surface area contributed by atoms with Crippen LogP contribution in [-0.4, -0.2) is 61.4 Å². The minimum atomic E-state index is -0.834. The molecule has 0 bridgehead atoms. The van der Waals surface area contributed by atoms with E-state index in [2.05, 4.69) is 0 Å². The molecule has 0 unspecified atom stereocenters. The fourth-order valence-corrected chi connectivity index (χ4v) is 2.79. The van der Waals surface area contributed by atoms with Crippen molar-refractivity contribution in [1.82, 2.24) is 4.90 Å². The molecule has 1 aliphatic heterocycles. The summed E-state index contributed by atoms with van der Waals surface area (Å²) in [4.78, 5) is 36.5. The Hall–Kier alpha value is -2.61. The van der Waals surface area contributed by atoms with Gasteiger partial charge in [-0.3, -0.25) is 9.59 Å². The van der Waals surface area contributed by atoms with Gasteiger partial charge in [-0.1, -0.05) is 30.3 Å². The number of methoxy groups -OCH3 is 1. The summed E-state index contributed by atoms with van der Waals surface area (Å²) in [7, 11) is 1.44. The quantitative estimate of drug-likeness (QED) is 0.577. The summed E-state index contributed by atoms with van der Waals surface area (Å²) in [5.41, 5.74) is 0.857. The van der Waals surface area contributed by atoms with Crippen LogP contribution in [0, 0.1) is 0 Å². The lowest BCUT2D eigenvalue weighted by Gasteiger charge is -2.40. The van der Waals surface area contributed by atoms with Crippen molar-refractivity contribution in [1.29, 1.82) is 0 Å². The van der Waals surface area contributed by atoms with Crippen molar-refractivity contribution in [3.8, 4) is 0 Å². The van der Waals surface area contributed by atoms with Gasteiger partial charge in [0.05, 0.1) is 13.1 Å². The number of amides is 1. The van der Waals surface area contributed by atoms with Crippen molar-refractivity contribution in [3.05, 3.63) is 35.9 Å². The van der Waals surface area contributed by atoms with Crippen LogP contribution in [0.4, 0.5) is 4.79 Å². The molecule has 1 fully saturated rings. The first-order valence-electron chi connectivity index (χ1n) is 8.23. The number of rotatable bonds is 5. The van der Waals surface area contributed by atoms with Crippen LogP contribution in [0.3, 0.4) is 0 Å². The third kappa shape index (κ3) is 5.45. The Labute approximate surface area is 152 Å². The summed E-state index contributed by atoms with van der Waals surface area (Å²) in [6.07, 6.45) is -2.82. The van der Waals surface area contributed by atoms with Gasteiger partial charge < -0.3 is 23.8 Å². The van der Waals surface area contributed by atoms with E-state index >= 15 is 0 Å². The van der Waals surface area contributed by atoms with Crippen molar-refractivity contribution in [3.63, 3.8) is 0 Å². The summed E-state index contributed by atoms with van der Waals surface area (Å²) in [6, 6.07) is 9.27. The average Bonchev–Trinajstić information content (AvgIpc) is 2.61. The van der Waals surface area contributed by atoms with Gasteiger partial charge in [0, 0.05) is 21.0 Å². The van der Waals surface area contributed by atoms with E-state index in [4.69, 9.17) is 18.9 Å². The summed E-state index contributed by atoms with van der Waals surface area (Å²) in [5, 5.41) is 0. The van der Waals surface area contributed by atoms with Gasteiger partial charge in [-0.2, -0.15) is 0 Å². The lowest BCUT2D eigenvalue weighted by atomic mass is 10.0. The van der Waals surface area contributed by atoms with Gasteiger partial charge in [0.2, 0.25) is 0 Å². The van der Waals surface area contributed by atoms with E-state index in [1.807, 2.05) is 30.3 Å². The highest BCUT2D eigenvalue weighted by atomic mass is 16.6. The maximum atomic E-state index is 12.4. The number of nitrogens with zero attached hydrogens (tertiary/aromatic N) is 1. The summed E-state index contributed by atoms with van der Waals surface area (Å²) >= 11 is 0. The van der Waals surface area contributed by atoms with Gasteiger partial charge in [-0.25, -0.2) is 4.79 Å². The number of piperidine rings is 1. The maximum Gasteiger partial charge on any atom is 0.410 e. The fourth-order valence-electron chi connectivity index (χ4n) is 2.79. The smallest absolute Gasteiger partial charge is 0.410 e. The predicted octanol–water partition coefficient (Wildman–Crippen LogP) is 1.52. The van der Waals surface area contributed by atoms with Crippen LogP contribution in [0.2, 0.25) is 0 Å². The monoisotopic (exact) mass is 365 g/mol. The van der Waals surface area contributed by atoms with Crippen LogP contribution in [0.5, 0.6) is 0 Å². The van der Waals surface area contributed by atoms with Crippen LogP contribution in [0.1, 0.15) is 19.4 Å². The normalized spacial score (nSPS) is 22.4. The minimum Gasteiger partial charge on any atom is -0.457 e. The average molecular weight is 365 g/mol. The van der Waals surface area contributed by atoms with E-state index in [-0.39, 0.29) is 19.7 Å². The second-order valence-electron chi connectivity index (χ2n) is 5.94. The van der Waals surface area contributed by atoms with E-state index < -0.39 is 36.3 Å². The van der Waals surface area contributed by atoms with Crippen molar-refractivity contribution in [2.24, 2.45) is 0 Å². The van der Waals surface area contributed by atoms with E-state index in [0.29, 0.717) is 0 Å². The Morgan fingerprint density at radius 1 is 1.00 bits per heavy atom. The summed E-state index contributed by atoms with van der Waals surface area (Å²) < 4.78 is 21.1. The molecule has 0 saturated carbocycles. The van der Waals surface area contributed by atoms with Crippen LogP contribution in [-0.2, 0) is 35.1 Å². The van der Waals surface area contributed by atoms with Gasteiger partial charge in [-0.15, -0.1) is 0 Å². The lowest BCUT2D eigenvalue weighted by molar-refractivity contribution is -0.187. The van der Waals surface area contributed by atoms with Gasteiger partial charge in [0.1, 0.15) is 12.7 Å². The Morgan fingerprint density at radius 2 is 1.62 bits per heavy atom. The van der Waals surface area contributed by atoms with Crippen LogP contribution >= 0.6 is 0 Å². The number of hydrogen-bond donors (Lipinski definition) is 0. The molecule has 2 rings (SSSR count). The molecule has 0 aromatic heterocycles. The SMILES string of the molecule is CO[C@@H]1CN(C(=O)OCc2ccccc2)C[C@H](OC(C)=O)[C@H]1OC(C)=O. The highest BCUT2D eigenvalue weighted by Crippen LogP contribution is 2.21. The molecule has 0 radical (unpaired) electrons. The Kier molecular flexibility index (Phi) is 6.97. The first-order chi connectivity index (χ1) is 12.4. The van der Waals surface area contributed by atoms with Crippen molar-refractivity contribution in [2.75, 3.05) is 20.2 Å². The highest BCUT2D eigenvalue weighted by Gasteiger charge is 2.43. The largest absolute Gasteiger partial charge is 0.457 e. The number of likely N-dealkylation sites (tertiary alicyclic amines) is 1. The van der Waals surface area contributed by atoms with Crippen molar-refractivity contribution in [2.45, 2.75) is 38.8 Å². The van der Waals surface area contributed by atoms with E-state index in [9.17, 15) is 14.4 Å². The molecule has 1 aromatic carbocycles. The predicted molar refractivity (Wildman–Crippen MR) is 90.1 cm³/mol. The molecule has 1 heterocycles. The third-order valence-electron chi connectivity index (χ3n) is 3.92. The Morgan fingerprint density at radius 3 is 2.19 bits per heavy atom. The van der Waals surface area contributed by atoms with Crippen LogP contribution < -0.4 is 0 Å². The molecule has 1 aromatic rings. The standard InChI is InChI=1S/C18H23NO7/c1-12(20)25-16-10-19(9-15(23-3)17(16)26-13(2)21)18(22)24-11-14-7-5-4-6-8-14/h4-8,15-17H,9-11H2,1-3H3/t15-,16+,17+/m1/s1. The molecule has 0 N–H and O–H groups in total. The molecule has 1 amide bonds. The fraction of sp³-hybridized carbons (Fsp3) is 0.500. The zero-order valence-electron chi connectivity index (χ0n) is 15.0.